The van der Waals surface area contributed by atoms with Crippen LogP contribution in [0.15, 0.2) is 101 Å². The predicted molar refractivity (Wildman–Crippen MR) is 165 cm³/mol. The molecule has 0 fully saturated rings. The normalized spacial score (nSPS) is 14.1. The number of ether oxygens (including phenoxy) is 1. The summed E-state index contributed by atoms with van der Waals surface area (Å²) in [7, 11) is 0. The van der Waals surface area contributed by atoms with Crippen molar-refractivity contribution < 1.29 is 14.3 Å². The van der Waals surface area contributed by atoms with Gasteiger partial charge in [-0.05, 0) is 56.2 Å². The van der Waals surface area contributed by atoms with Gasteiger partial charge in [0.1, 0.15) is 11.8 Å². The Morgan fingerprint density at radius 1 is 0.976 bits per heavy atom. The van der Waals surface area contributed by atoms with E-state index >= 15 is 0 Å². The monoisotopic (exact) mass is 582 g/mol. The zero-order valence-electron chi connectivity index (χ0n) is 23.9. The van der Waals surface area contributed by atoms with Crippen molar-refractivity contribution in [3.63, 3.8) is 0 Å². The smallest absolute Gasteiger partial charge is 0.260 e. The van der Waals surface area contributed by atoms with Gasteiger partial charge in [-0.2, -0.15) is 4.98 Å². The van der Waals surface area contributed by atoms with Crippen LogP contribution < -0.4 is 15.4 Å². The fraction of sp³-hybridized carbons (Fsp3) is 0.250. The summed E-state index contributed by atoms with van der Waals surface area (Å²) in [6, 6.07) is 26.4. The SMILES string of the molecule is CCN(CC)C(=O)COc1ccc(C2C(C(=O)Nc3ccccc3)=C(C)Nc3nc(SCc4ccccc4)nn32)cc1. The minimum absolute atomic E-state index is 0.0344. The van der Waals surface area contributed by atoms with Crippen LogP contribution in [0.25, 0.3) is 0 Å². The van der Waals surface area contributed by atoms with E-state index in [-0.39, 0.29) is 18.4 Å². The molecule has 0 spiro atoms. The van der Waals surface area contributed by atoms with Gasteiger partial charge in [-0.25, -0.2) is 4.68 Å². The molecule has 1 aliphatic rings. The van der Waals surface area contributed by atoms with E-state index in [1.807, 2.05) is 93.6 Å². The van der Waals surface area contributed by atoms with E-state index in [1.165, 1.54) is 17.3 Å². The molecule has 0 radical (unpaired) electrons. The van der Waals surface area contributed by atoms with Crippen molar-refractivity contribution in [3.05, 3.63) is 107 Å². The summed E-state index contributed by atoms with van der Waals surface area (Å²) >= 11 is 1.54. The van der Waals surface area contributed by atoms with Gasteiger partial charge in [-0.15, -0.1) is 5.10 Å². The van der Waals surface area contributed by atoms with Gasteiger partial charge in [0.05, 0.1) is 5.57 Å². The molecule has 1 aliphatic heterocycles. The molecule has 2 heterocycles. The molecular formula is C32H34N6O3S. The summed E-state index contributed by atoms with van der Waals surface area (Å²) in [5.74, 6) is 1.56. The molecule has 5 rings (SSSR count). The maximum absolute atomic E-state index is 13.7. The highest BCUT2D eigenvalue weighted by atomic mass is 32.2. The molecule has 0 aliphatic carbocycles. The van der Waals surface area contributed by atoms with E-state index < -0.39 is 6.04 Å². The quantitative estimate of drug-likeness (QED) is 0.217. The molecule has 4 aromatic rings. The molecule has 2 amide bonds. The molecule has 42 heavy (non-hydrogen) atoms. The lowest BCUT2D eigenvalue weighted by molar-refractivity contribution is -0.133. The number of hydrogen-bond acceptors (Lipinski definition) is 7. The summed E-state index contributed by atoms with van der Waals surface area (Å²) in [5, 5.41) is 11.7. The second kappa shape index (κ2) is 13.4. The first kappa shape index (κ1) is 28.9. The van der Waals surface area contributed by atoms with E-state index in [0.29, 0.717) is 46.9 Å². The Hall–Kier alpha value is -4.57. The molecule has 9 nitrogen and oxygen atoms in total. The van der Waals surface area contributed by atoms with Gasteiger partial charge in [0, 0.05) is 30.2 Å². The fourth-order valence-electron chi connectivity index (χ4n) is 4.80. The third kappa shape index (κ3) is 6.66. The number of para-hydroxylation sites is 1. The molecule has 10 heteroatoms. The molecule has 1 atom stereocenters. The summed E-state index contributed by atoms with van der Waals surface area (Å²) < 4.78 is 7.55. The Bertz CT molecular complexity index is 1550. The van der Waals surface area contributed by atoms with Crippen LogP contribution in [-0.4, -0.2) is 51.2 Å². The highest BCUT2D eigenvalue weighted by molar-refractivity contribution is 7.98. The number of amides is 2. The van der Waals surface area contributed by atoms with Crippen molar-refractivity contribution in [1.82, 2.24) is 19.7 Å². The summed E-state index contributed by atoms with van der Waals surface area (Å²) in [6.45, 7) is 7.00. The van der Waals surface area contributed by atoms with Crippen LogP contribution in [0, 0.1) is 0 Å². The number of fused-ring (bicyclic) bond motifs is 1. The molecule has 3 aromatic carbocycles. The number of nitrogens with zero attached hydrogens (tertiary/aromatic N) is 4. The summed E-state index contributed by atoms with van der Waals surface area (Å²) in [4.78, 5) is 32.6. The van der Waals surface area contributed by atoms with Crippen LogP contribution in [0.3, 0.4) is 0 Å². The molecular weight excluding hydrogens is 548 g/mol. The molecule has 0 saturated carbocycles. The first-order valence-electron chi connectivity index (χ1n) is 13.9. The summed E-state index contributed by atoms with van der Waals surface area (Å²) in [6.07, 6.45) is 0. The maximum atomic E-state index is 13.7. The number of rotatable bonds is 11. The number of benzene rings is 3. The minimum atomic E-state index is -0.533. The summed E-state index contributed by atoms with van der Waals surface area (Å²) in [5.41, 5.74) is 3.93. The standard InChI is InChI=1S/C32H34N6O3S/c1-4-37(5-2)27(39)20-41-26-18-16-24(17-19-26)29-28(30(40)34-25-14-10-7-11-15-25)22(3)33-31-35-32(36-38(29)31)42-21-23-12-8-6-9-13-23/h6-19,29H,4-5,20-21H2,1-3H3,(H,34,40)(H,33,35,36). The second-order valence-electron chi connectivity index (χ2n) is 9.75. The maximum Gasteiger partial charge on any atom is 0.260 e. The molecule has 1 unspecified atom stereocenters. The highest BCUT2D eigenvalue weighted by Gasteiger charge is 2.34. The van der Waals surface area contributed by atoms with Crippen LogP contribution >= 0.6 is 11.8 Å². The average molecular weight is 583 g/mol. The molecule has 0 bridgehead atoms. The van der Waals surface area contributed by atoms with Crippen LogP contribution in [0.1, 0.15) is 37.9 Å². The van der Waals surface area contributed by atoms with Gasteiger partial charge < -0.3 is 20.3 Å². The van der Waals surface area contributed by atoms with Gasteiger partial charge in [0.15, 0.2) is 6.61 Å². The van der Waals surface area contributed by atoms with Crippen molar-refractivity contribution in [2.75, 3.05) is 30.3 Å². The zero-order chi connectivity index (χ0) is 29.5. The van der Waals surface area contributed by atoms with E-state index in [2.05, 4.69) is 22.8 Å². The fourth-order valence-corrected chi connectivity index (χ4v) is 5.58. The van der Waals surface area contributed by atoms with Crippen LogP contribution in [0.4, 0.5) is 11.6 Å². The van der Waals surface area contributed by atoms with Crippen LogP contribution in [0.2, 0.25) is 0 Å². The van der Waals surface area contributed by atoms with Crippen molar-refractivity contribution in [3.8, 4) is 5.75 Å². The van der Waals surface area contributed by atoms with E-state index in [4.69, 9.17) is 14.8 Å². The third-order valence-corrected chi connectivity index (χ3v) is 7.90. The lowest BCUT2D eigenvalue weighted by Crippen LogP contribution is -2.34. The van der Waals surface area contributed by atoms with Gasteiger partial charge in [-0.3, -0.25) is 9.59 Å². The van der Waals surface area contributed by atoms with E-state index in [1.54, 1.807) is 9.58 Å². The zero-order valence-corrected chi connectivity index (χ0v) is 24.7. The Balaban J connectivity index is 1.42. The number of carbonyl (C=O) groups excluding carboxylic acids is 2. The van der Waals surface area contributed by atoms with Crippen molar-refractivity contribution in [1.29, 1.82) is 0 Å². The average Bonchev–Trinajstić information content (AvgIpc) is 3.42. The van der Waals surface area contributed by atoms with Gasteiger partial charge in [0.25, 0.3) is 11.8 Å². The highest BCUT2D eigenvalue weighted by Crippen LogP contribution is 2.37. The van der Waals surface area contributed by atoms with E-state index in [9.17, 15) is 9.59 Å². The van der Waals surface area contributed by atoms with Crippen molar-refractivity contribution in [2.24, 2.45) is 0 Å². The van der Waals surface area contributed by atoms with Gasteiger partial charge >= 0.3 is 0 Å². The van der Waals surface area contributed by atoms with Crippen molar-refractivity contribution in [2.45, 2.75) is 37.7 Å². The lowest BCUT2D eigenvalue weighted by atomic mass is 9.95. The molecule has 0 saturated heterocycles. The largest absolute Gasteiger partial charge is 0.484 e. The number of likely N-dealkylation sites (N-methyl/N-ethyl adjacent to an activating group) is 1. The lowest BCUT2D eigenvalue weighted by Gasteiger charge is -2.28. The molecule has 1 aromatic heterocycles. The Kier molecular flexibility index (Phi) is 9.23. The number of hydrogen-bond donors (Lipinski definition) is 2. The third-order valence-electron chi connectivity index (χ3n) is 6.99. The first-order valence-corrected chi connectivity index (χ1v) is 14.9. The van der Waals surface area contributed by atoms with Crippen LogP contribution in [-0.2, 0) is 15.3 Å². The Morgan fingerprint density at radius 2 is 1.64 bits per heavy atom. The number of carbonyl (C=O) groups is 2. The number of nitrogens with one attached hydrogen (secondary N) is 2. The Morgan fingerprint density at radius 3 is 2.31 bits per heavy atom. The first-order chi connectivity index (χ1) is 20.5. The number of anilines is 2. The number of thioether (sulfide) groups is 1. The predicted octanol–water partition coefficient (Wildman–Crippen LogP) is 5.75. The second-order valence-corrected chi connectivity index (χ2v) is 10.7. The van der Waals surface area contributed by atoms with Gasteiger partial charge in [-0.1, -0.05) is 72.4 Å². The molecule has 2 N–H and O–H groups in total. The molecule has 216 valence electrons. The van der Waals surface area contributed by atoms with E-state index in [0.717, 1.165) is 11.3 Å². The number of allylic oxidation sites excluding steroid dienone is 1. The topological polar surface area (TPSA) is 101 Å². The van der Waals surface area contributed by atoms with Crippen molar-refractivity contribution >= 4 is 35.2 Å². The number of aromatic nitrogens is 3. The Labute approximate surface area is 250 Å². The minimum Gasteiger partial charge on any atom is -0.484 e. The van der Waals surface area contributed by atoms with Crippen LogP contribution in [0.5, 0.6) is 5.75 Å². The van der Waals surface area contributed by atoms with Gasteiger partial charge in [0.2, 0.25) is 11.1 Å².